The highest BCUT2D eigenvalue weighted by atomic mass is 35.5. The van der Waals surface area contributed by atoms with Gasteiger partial charge < -0.3 is 10.2 Å². The van der Waals surface area contributed by atoms with Gasteiger partial charge in [-0.3, -0.25) is 4.79 Å². The highest BCUT2D eigenvalue weighted by Crippen LogP contribution is 2.33. The molecule has 0 aromatic heterocycles. The van der Waals surface area contributed by atoms with Gasteiger partial charge in [-0.15, -0.1) is 12.4 Å². The van der Waals surface area contributed by atoms with E-state index in [-0.39, 0.29) is 18.3 Å². The Morgan fingerprint density at radius 1 is 1.40 bits per heavy atom. The summed E-state index contributed by atoms with van der Waals surface area (Å²) in [5, 5.41) is 3.04. The molecule has 2 unspecified atom stereocenters. The van der Waals surface area contributed by atoms with Gasteiger partial charge in [0.15, 0.2) is 0 Å². The van der Waals surface area contributed by atoms with Gasteiger partial charge >= 0.3 is 0 Å². The quantitative estimate of drug-likeness (QED) is 0.926. The molecule has 3 nitrogen and oxygen atoms in total. The number of likely N-dealkylation sites (tertiary alicyclic amines) is 1. The van der Waals surface area contributed by atoms with Gasteiger partial charge in [0.2, 0.25) is 5.91 Å². The van der Waals surface area contributed by atoms with Crippen LogP contribution in [0.1, 0.15) is 36.8 Å². The fourth-order valence-electron chi connectivity index (χ4n) is 3.02. The van der Waals surface area contributed by atoms with E-state index in [1.54, 1.807) is 0 Å². The summed E-state index contributed by atoms with van der Waals surface area (Å²) < 4.78 is 0. The van der Waals surface area contributed by atoms with E-state index in [0.29, 0.717) is 18.4 Å². The fraction of sp³-hybridized carbons (Fsp3) is 0.562. The average molecular weight is 297 g/mol. The zero-order valence-corrected chi connectivity index (χ0v) is 13.4. The summed E-state index contributed by atoms with van der Waals surface area (Å²) in [5.74, 6) is 0.771. The van der Waals surface area contributed by atoms with Gasteiger partial charge in [-0.25, -0.2) is 0 Å². The Balaban J connectivity index is 0.00000200. The summed E-state index contributed by atoms with van der Waals surface area (Å²) in [6.45, 7) is 5.95. The summed E-state index contributed by atoms with van der Waals surface area (Å²) in [6, 6.07) is 8.89. The maximum absolute atomic E-state index is 12.2. The Hall–Kier alpha value is -1.06. The van der Waals surface area contributed by atoms with Crippen molar-refractivity contribution in [3.8, 4) is 0 Å². The van der Waals surface area contributed by atoms with Gasteiger partial charge in [0.1, 0.15) is 0 Å². The molecule has 1 fully saturated rings. The van der Waals surface area contributed by atoms with Gasteiger partial charge in [-0.1, -0.05) is 24.3 Å². The SMILES string of the molecule is CNCCC(=O)N1CC(c2ccccc2C)CC1C.Cl. The Labute approximate surface area is 128 Å². The van der Waals surface area contributed by atoms with Crippen LogP contribution in [0.3, 0.4) is 0 Å². The average Bonchev–Trinajstić information content (AvgIpc) is 2.78. The van der Waals surface area contributed by atoms with E-state index in [9.17, 15) is 4.79 Å². The maximum atomic E-state index is 12.2. The summed E-state index contributed by atoms with van der Waals surface area (Å²) in [6.07, 6.45) is 1.68. The monoisotopic (exact) mass is 296 g/mol. The van der Waals surface area contributed by atoms with Gasteiger partial charge in [0, 0.05) is 31.5 Å². The van der Waals surface area contributed by atoms with Crippen molar-refractivity contribution < 1.29 is 4.79 Å². The van der Waals surface area contributed by atoms with Crippen molar-refractivity contribution in [1.29, 1.82) is 0 Å². The predicted octanol–water partition coefficient (Wildman–Crippen LogP) is 2.73. The second-order valence-electron chi connectivity index (χ2n) is 5.54. The number of carbonyl (C=O) groups is 1. The molecule has 20 heavy (non-hydrogen) atoms. The van der Waals surface area contributed by atoms with Gasteiger partial charge in [0.25, 0.3) is 0 Å². The van der Waals surface area contributed by atoms with E-state index in [0.717, 1.165) is 19.5 Å². The molecule has 4 heteroatoms. The van der Waals surface area contributed by atoms with Crippen LogP contribution in [0.25, 0.3) is 0 Å². The van der Waals surface area contributed by atoms with Crippen LogP contribution >= 0.6 is 12.4 Å². The number of halogens is 1. The first-order valence-corrected chi connectivity index (χ1v) is 7.13. The Kier molecular flexibility index (Phi) is 6.50. The highest BCUT2D eigenvalue weighted by molar-refractivity contribution is 5.85. The molecule has 1 saturated heterocycles. The normalized spacial score (nSPS) is 21.6. The van der Waals surface area contributed by atoms with Crippen LogP contribution in [-0.4, -0.2) is 37.0 Å². The van der Waals surface area contributed by atoms with Crippen LogP contribution in [0.4, 0.5) is 0 Å². The first-order chi connectivity index (χ1) is 9.13. The van der Waals surface area contributed by atoms with Crippen molar-refractivity contribution in [3.63, 3.8) is 0 Å². The minimum atomic E-state index is 0. The lowest BCUT2D eigenvalue weighted by atomic mass is 9.93. The third-order valence-electron chi connectivity index (χ3n) is 4.11. The topological polar surface area (TPSA) is 32.3 Å². The van der Waals surface area contributed by atoms with Crippen molar-refractivity contribution in [1.82, 2.24) is 10.2 Å². The Morgan fingerprint density at radius 2 is 2.10 bits per heavy atom. The zero-order valence-electron chi connectivity index (χ0n) is 12.6. The van der Waals surface area contributed by atoms with Crippen molar-refractivity contribution >= 4 is 18.3 Å². The smallest absolute Gasteiger partial charge is 0.224 e. The number of carbonyl (C=O) groups excluding carboxylic acids is 1. The number of hydrogen-bond acceptors (Lipinski definition) is 2. The molecular weight excluding hydrogens is 272 g/mol. The summed E-state index contributed by atoms with van der Waals surface area (Å²) in [4.78, 5) is 14.2. The van der Waals surface area contributed by atoms with Crippen molar-refractivity contribution in [3.05, 3.63) is 35.4 Å². The molecule has 1 aliphatic rings. The van der Waals surface area contributed by atoms with Crippen LogP contribution in [0.15, 0.2) is 24.3 Å². The van der Waals surface area contributed by atoms with Crippen LogP contribution < -0.4 is 5.32 Å². The minimum absolute atomic E-state index is 0. The second kappa shape index (κ2) is 7.65. The van der Waals surface area contributed by atoms with Crippen LogP contribution in [0.2, 0.25) is 0 Å². The third-order valence-corrected chi connectivity index (χ3v) is 4.11. The third kappa shape index (κ3) is 3.74. The number of benzene rings is 1. The molecule has 0 radical (unpaired) electrons. The van der Waals surface area contributed by atoms with Crippen molar-refractivity contribution in [2.24, 2.45) is 0 Å². The lowest BCUT2D eigenvalue weighted by Crippen LogP contribution is -2.35. The molecular formula is C16H25ClN2O. The molecule has 1 aliphatic heterocycles. The van der Waals surface area contributed by atoms with Gasteiger partial charge in [0.05, 0.1) is 0 Å². The summed E-state index contributed by atoms with van der Waals surface area (Å²) in [5.41, 5.74) is 2.74. The largest absolute Gasteiger partial charge is 0.339 e. The molecule has 0 aliphatic carbocycles. The minimum Gasteiger partial charge on any atom is -0.339 e. The van der Waals surface area contributed by atoms with Gasteiger partial charge in [-0.05, 0) is 38.4 Å². The maximum Gasteiger partial charge on any atom is 0.224 e. The molecule has 1 aromatic carbocycles. The molecule has 2 rings (SSSR count). The molecule has 1 heterocycles. The summed E-state index contributed by atoms with van der Waals surface area (Å²) in [7, 11) is 1.89. The van der Waals surface area contributed by atoms with E-state index in [4.69, 9.17) is 0 Å². The van der Waals surface area contributed by atoms with E-state index in [1.165, 1.54) is 11.1 Å². The van der Waals surface area contributed by atoms with E-state index in [2.05, 4.69) is 48.3 Å². The number of amides is 1. The molecule has 112 valence electrons. The van der Waals surface area contributed by atoms with Crippen molar-refractivity contribution in [2.45, 2.75) is 38.6 Å². The summed E-state index contributed by atoms with van der Waals surface area (Å²) >= 11 is 0. The van der Waals surface area contributed by atoms with Crippen LogP contribution in [0.5, 0.6) is 0 Å². The zero-order chi connectivity index (χ0) is 13.8. The van der Waals surface area contributed by atoms with Crippen LogP contribution in [0, 0.1) is 6.92 Å². The van der Waals surface area contributed by atoms with Gasteiger partial charge in [-0.2, -0.15) is 0 Å². The number of nitrogens with one attached hydrogen (secondary N) is 1. The Morgan fingerprint density at radius 3 is 2.75 bits per heavy atom. The first-order valence-electron chi connectivity index (χ1n) is 7.13. The number of rotatable bonds is 4. The van der Waals surface area contributed by atoms with Crippen LogP contribution in [-0.2, 0) is 4.79 Å². The first kappa shape index (κ1) is 17.0. The molecule has 1 N–H and O–H groups in total. The van der Waals surface area contributed by atoms with E-state index in [1.807, 2.05) is 7.05 Å². The number of aryl methyl sites for hydroxylation is 1. The predicted molar refractivity (Wildman–Crippen MR) is 85.5 cm³/mol. The molecule has 0 saturated carbocycles. The Bertz CT molecular complexity index is 450. The number of nitrogens with zero attached hydrogens (tertiary/aromatic N) is 1. The molecule has 0 spiro atoms. The van der Waals surface area contributed by atoms with E-state index >= 15 is 0 Å². The number of hydrogen-bond donors (Lipinski definition) is 1. The van der Waals surface area contributed by atoms with E-state index < -0.39 is 0 Å². The molecule has 1 amide bonds. The standard InChI is InChI=1S/C16H24N2O.ClH/c1-12-6-4-5-7-15(12)14-10-13(2)18(11-14)16(19)8-9-17-3;/h4-7,13-14,17H,8-11H2,1-3H3;1H. The van der Waals surface area contributed by atoms with Crippen molar-refractivity contribution in [2.75, 3.05) is 20.1 Å². The lowest BCUT2D eigenvalue weighted by molar-refractivity contribution is -0.131. The second-order valence-corrected chi connectivity index (χ2v) is 5.54. The lowest BCUT2D eigenvalue weighted by Gasteiger charge is -2.21. The molecule has 1 aromatic rings. The molecule has 0 bridgehead atoms. The molecule has 2 atom stereocenters. The fourth-order valence-corrected chi connectivity index (χ4v) is 3.02. The highest BCUT2D eigenvalue weighted by Gasteiger charge is 2.33.